The molecule has 1 spiro atoms. The molecular weight excluding hydrogens is 356 g/mol. The molecule has 0 radical (unpaired) electrons. The van der Waals surface area contributed by atoms with Gasteiger partial charge in [0.2, 0.25) is 5.91 Å². The van der Waals surface area contributed by atoms with Crippen molar-refractivity contribution in [2.45, 2.75) is 19.4 Å². The van der Waals surface area contributed by atoms with Crippen LogP contribution in [0.5, 0.6) is 5.75 Å². The van der Waals surface area contributed by atoms with Gasteiger partial charge in [-0.1, -0.05) is 0 Å². The molecule has 2 aliphatic heterocycles. The Hall–Kier alpha value is -2.38. The number of rotatable bonds is 7. The summed E-state index contributed by atoms with van der Waals surface area (Å²) in [6, 6.07) is 7.99. The van der Waals surface area contributed by atoms with Gasteiger partial charge in [-0.05, 0) is 49.2 Å². The highest BCUT2D eigenvalue weighted by molar-refractivity contribution is 5.85. The zero-order valence-electron chi connectivity index (χ0n) is 16.6. The van der Waals surface area contributed by atoms with Crippen molar-refractivity contribution in [1.29, 1.82) is 0 Å². The van der Waals surface area contributed by atoms with Crippen molar-refractivity contribution < 1.29 is 14.3 Å². The van der Waals surface area contributed by atoms with Gasteiger partial charge in [0, 0.05) is 45.7 Å². The SMILES string of the molecule is COCCN1CCC2(CCN(Cc3cc(OC)ccc3-n3cccn3)C2)C1=O. The molecule has 2 aromatic rings. The van der Waals surface area contributed by atoms with Gasteiger partial charge in [0.1, 0.15) is 5.75 Å². The second-order valence-corrected chi connectivity index (χ2v) is 7.72. The summed E-state index contributed by atoms with van der Waals surface area (Å²) in [5.74, 6) is 1.13. The van der Waals surface area contributed by atoms with Crippen molar-refractivity contribution in [2.75, 3.05) is 47.0 Å². The minimum atomic E-state index is -0.224. The van der Waals surface area contributed by atoms with Crippen molar-refractivity contribution in [3.63, 3.8) is 0 Å². The number of benzene rings is 1. The maximum Gasteiger partial charge on any atom is 0.230 e. The van der Waals surface area contributed by atoms with Crippen LogP contribution in [0.1, 0.15) is 18.4 Å². The number of nitrogens with zero attached hydrogens (tertiary/aromatic N) is 4. The van der Waals surface area contributed by atoms with Gasteiger partial charge in [0.15, 0.2) is 0 Å². The van der Waals surface area contributed by atoms with Crippen LogP contribution < -0.4 is 4.74 Å². The fourth-order valence-electron chi connectivity index (χ4n) is 4.47. The number of methoxy groups -OCH3 is 2. The number of likely N-dealkylation sites (tertiary alicyclic amines) is 2. The summed E-state index contributed by atoms with van der Waals surface area (Å²) in [5, 5.41) is 4.38. The van der Waals surface area contributed by atoms with E-state index in [-0.39, 0.29) is 5.41 Å². The third-order valence-corrected chi connectivity index (χ3v) is 6.03. The predicted molar refractivity (Wildman–Crippen MR) is 106 cm³/mol. The van der Waals surface area contributed by atoms with Crippen LogP contribution in [-0.2, 0) is 16.1 Å². The molecule has 150 valence electrons. The van der Waals surface area contributed by atoms with E-state index < -0.39 is 0 Å². The average molecular weight is 384 g/mol. The van der Waals surface area contributed by atoms with E-state index in [0.717, 1.165) is 56.0 Å². The zero-order chi connectivity index (χ0) is 19.6. The quantitative estimate of drug-likeness (QED) is 0.730. The summed E-state index contributed by atoms with van der Waals surface area (Å²) in [5.41, 5.74) is 1.98. The molecule has 0 aliphatic carbocycles. The third-order valence-electron chi connectivity index (χ3n) is 6.03. The molecule has 1 aromatic carbocycles. The van der Waals surface area contributed by atoms with Crippen molar-refractivity contribution in [1.82, 2.24) is 19.6 Å². The smallest absolute Gasteiger partial charge is 0.230 e. The maximum absolute atomic E-state index is 13.0. The van der Waals surface area contributed by atoms with Gasteiger partial charge < -0.3 is 14.4 Å². The summed E-state index contributed by atoms with van der Waals surface area (Å²) in [7, 11) is 3.36. The fraction of sp³-hybridized carbons (Fsp3) is 0.524. The lowest BCUT2D eigenvalue weighted by Gasteiger charge is -2.24. The van der Waals surface area contributed by atoms with Crippen molar-refractivity contribution in [2.24, 2.45) is 5.41 Å². The van der Waals surface area contributed by atoms with Crippen LogP contribution in [0, 0.1) is 5.41 Å². The van der Waals surface area contributed by atoms with Crippen LogP contribution in [0.2, 0.25) is 0 Å². The molecule has 1 amide bonds. The number of aromatic nitrogens is 2. The number of carbonyl (C=O) groups is 1. The first-order valence-corrected chi connectivity index (χ1v) is 9.83. The fourth-order valence-corrected chi connectivity index (χ4v) is 4.47. The van der Waals surface area contributed by atoms with E-state index in [1.165, 1.54) is 0 Å². The summed E-state index contributed by atoms with van der Waals surface area (Å²) in [6.07, 6.45) is 5.60. The lowest BCUT2D eigenvalue weighted by molar-refractivity contribution is -0.136. The molecule has 7 heteroatoms. The Morgan fingerprint density at radius 2 is 2.07 bits per heavy atom. The van der Waals surface area contributed by atoms with E-state index in [4.69, 9.17) is 9.47 Å². The Balaban J connectivity index is 1.50. The highest BCUT2D eigenvalue weighted by atomic mass is 16.5. The molecule has 1 aromatic heterocycles. The first-order valence-electron chi connectivity index (χ1n) is 9.83. The largest absolute Gasteiger partial charge is 0.497 e. The monoisotopic (exact) mass is 384 g/mol. The van der Waals surface area contributed by atoms with E-state index in [0.29, 0.717) is 19.1 Å². The molecule has 0 saturated carbocycles. The molecule has 28 heavy (non-hydrogen) atoms. The minimum absolute atomic E-state index is 0.224. The molecular formula is C21H28N4O3. The molecule has 0 N–H and O–H groups in total. The van der Waals surface area contributed by atoms with Crippen LogP contribution in [-0.4, -0.2) is 72.5 Å². The first-order chi connectivity index (χ1) is 13.6. The number of amides is 1. The lowest BCUT2D eigenvalue weighted by Crippen LogP contribution is -2.38. The van der Waals surface area contributed by atoms with E-state index in [2.05, 4.69) is 16.1 Å². The predicted octanol–water partition coefficient (Wildman–Crippen LogP) is 1.95. The van der Waals surface area contributed by atoms with Crippen LogP contribution in [0.4, 0.5) is 0 Å². The van der Waals surface area contributed by atoms with Crippen molar-refractivity contribution in [3.05, 3.63) is 42.2 Å². The van der Waals surface area contributed by atoms with Gasteiger partial charge in [0.05, 0.1) is 24.8 Å². The van der Waals surface area contributed by atoms with E-state index in [1.807, 2.05) is 34.0 Å². The molecule has 4 rings (SSSR count). The van der Waals surface area contributed by atoms with E-state index in [9.17, 15) is 4.79 Å². The van der Waals surface area contributed by atoms with Gasteiger partial charge >= 0.3 is 0 Å². The molecule has 2 aliphatic rings. The number of carbonyl (C=O) groups excluding carboxylic acids is 1. The maximum atomic E-state index is 13.0. The zero-order valence-corrected chi connectivity index (χ0v) is 16.6. The van der Waals surface area contributed by atoms with Crippen LogP contribution in [0.15, 0.2) is 36.7 Å². The molecule has 1 unspecified atom stereocenters. The summed E-state index contributed by atoms with van der Waals surface area (Å²) < 4.78 is 12.5. The van der Waals surface area contributed by atoms with Crippen LogP contribution >= 0.6 is 0 Å². The lowest BCUT2D eigenvalue weighted by atomic mass is 9.85. The molecule has 2 fully saturated rings. The second kappa shape index (κ2) is 7.93. The Bertz CT molecular complexity index is 823. The summed E-state index contributed by atoms with van der Waals surface area (Å²) >= 11 is 0. The normalized spacial score (nSPS) is 22.5. The Labute approximate surface area is 165 Å². The number of hydrogen-bond acceptors (Lipinski definition) is 5. The molecule has 0 bridgehead atoms. The average Bonchev–Trinajstić information content (AvgIpc) is 3.44. The Kier molecular flexibility index (Phi) is 5.37. The highest BCUT2D eigenvalue weighted by Gasteiger charge is 2.50. The molecule has 1 atom stereocenters. The van der Waals surface area contributed by atoms with Gasteiger partial charge in [-0.25, -0.2) is 4.68 Å². The van der Waals surface area contributed by atoms with Gasteiger partial charge in [-0.3, -0.25) is 9.69 Å². The first kappa shape index (κ1) is 19.0. The number of hydrogen-bond donors (Lipinski definition) is 0. The van der Waals surface area contributed by atoms with Crippen LogP contribution in [0.25, 0.3) is 5.69 Å². The van der Waals surface area contributed by atoms with Crippen molar-refractivity contribution in [3.8, 4) is 11.4 Å². The second-order valence-electron chi connectivity index (χ2n) is 7.72. The van der Waals surface area contributed by atoms with Gasteiger partial charge in [-0.2, -0.15) is 5.10 Å². The molecule has 7 nitrogen and oxygen atoms in total. The standard InChI is InChI=1S/C21H28N4O3/c1-27-13-12-24-11-7-21(20(24)26)6-10-23(16-21)15-17-14-18(28-2)4-5-19(17)25-9-3-8-22-25/h3-5,8-9,14H,6-7,10-13,15-16H2,1-2H3. The van der Waals surface area contributed by atoms with Gasteiger partial charge in [-0.15, -0.1) is 0 Å². The topological polar surface area (TPSA) is 59.8 Å². The minimum Gasteiger partial charge on any atom is -0.497 e. The summed E-state index contributed by atoms with van der Waals surface area (Å²) in [4.78, 5) is 17.4. The third kappa shape index (κ3) is 3.52. The van der Waals surface area contributed by atoms with E-state index in [1.54, 1.807) is 20.4 Å². The number of ether oxygens (including phenoxy) is 2. The van der Waals surface area contributed by atoms with Crippen molar-refractivity contribution >= 4 is 5.91 Å². The van der Waals surface area contributed by atoms with Gasteiger partial charge in [0.25, 0.3) is 0 Å². The molecule has 2 saturated heterocycles. The Morgan fingerprint density at radius 1 is 1.21 bits per heavy atom. The summed E-state index contributed by atoms with van der Waals surface area (Å²) in [6.45, 7) is 4.65. The van der Waals surface area contributed by atoms with Crippen LogP contribution in [0.3, 0.4) is 0 Å². The molecule has 3 heterocycles. The Morgan fingerprint density at radius 3 is 2.82 bits per heavy atom. The highest BCUT2D eigenvalue weighted by Crippen LogP contribution is 2.41. The van der Waals surface area contributed by atoms with E-state index >= 15 is 0 Å².